The van der Waals surface area contributed by atoms with Crippen LogP contribution in [0.25, 0.3) is 22.5 Å². The Labute approximate surface area is 148 Å². The van der Waals surface area contributed by atoms with E-state index in [9.17, 15) is 4.79 Å². The summed E-state index contributed by atoms with van der Waals surface area (Å²) in [5.74, 6) is 0.763. The molecule has 0 saturated carbocycles. The maximum absolute atomic E-state index is 12.6. The molecule has 0 unspecified atom stereocenters. The van der Waals surface area contributed by atoms with Crippen molar-refractivity contribution in [2.24, 2.45) is 0 Å². The Morgan fingerprint density at radius 1 is 1.00 bits per heavy atom. The summed E-state index contributed by atoms with van der Waals surface area (Å²) < 4.78 is 16.0. The molecule has 0 aliphatic carbocycles. The van der Waals surface area contributed by atoms with Gasteiger partial charge in [-0.25, -0.2) is 0 Å². The largest absolute Gasteiger partial charge is 0.493 e. The fourth-order valence-electron chi connectivity index (χ4n) is 2.71. The molecule has 0 aliphatic rings. The van der Waals surface area contributed by atoms with Gasteiger partial charge in [0.1, 0.15) is 5.69 Å². The standard InChI is InChI=1S/C19H15N3O4/c1-24-15-8-7-12(10-16(15)25-2)17(23)19-22-21-18(26-19)14-9-11-5-3-4-6-13(11)20-14/h3-10,20H,1-2H3. The van der Waals surface area contributed by atoms with Crippen LogP contribution in [0.3, 0.4) is 0 Å². The first-order chi connectivity index (χ1) is 12.7. The highest BCUT2D eigenvalue weighted by molar-refractivity contribution is 6.06. The highest BCUT2D eigenvalue weighted by atomic mass is 16.5. The molecule has 4 aromatic rings. The first-order valence-corrected chi connectivity index (χ1v) is 7.88. The van der Waals surface area contributed by atoms with E-state index in [0.29, 0.717) is 22.8 Å². The molecule has 2 heterocycles. The van der Waals surface area contributed by atoms with Gasteiger partial charge in [-0.3, -0.25) is 4.79 Å². The van der Waals surface area contributed by atoms with Crippen molar-refractivity contribution < 1.29 is 18.7 Å². The van der Waals surface area contributed by atoms with E-state index in [2.05, 4.69) is 15.2 Å². The molecule has 4 rings (SSSR count). The van der Waals surface area contributed by atoms with E-state index in [-0.39, 0.29) is 17.6 Å². The zero-order valence-corrected chi connectivity index (χ0v) is 14.1. The lowest BCUT2D eigenvalue weighted by Crippen LogP contribution is -2.03. The van der Waals surface area contributed by atoms with Gasteiger partial charge in [0, 0.05) is 16.5 Å². The van der Waals surface area contributed by atoms with Crippen LogP contribution in [0.5, 0.6) is 11.5 Å². The minimum Gasteiger partial charge on any atom is -0.493 e. The molecule has 0 amide bonds. The fraction of sp³-hybridized carbons (Fsp3) is 0.105. The smallest absolute Gasteiger partial charge is 0.289 e. The van der Waals surface area contributed by atoms with Crippen molar-refractivity contribution in [1.29, 1.82) is 0 Å². The Morgan fingerprint density at radius 2 is 1.81 bits per heavy atom. The van der Waals surface area contributed by atoms with Crippen LogP contribution in [-0.4, -0.2) is 35.2 Å². The van der Waals surface area contributed by atoms with Crippen molar-refractivity contribution in [3.8, 4) is 23.1 Å². The van der Waals surface area contributed by atoms with Crippen molar-refractivity contribution in [3.63, 3.8) is 0 Å². The Balaban J connectivity index is 1.66. The average molecular weight is 349 g/mol. The zero-order valence-electron chi connectivity index (χ0n) is 14.1. The third-order valence-corrected chi connectivity index (χ3v) is 4.03. The minimum atomic E-state index is -0.388. The van der Waals surface area contributed by atoms with E-state index in [1.807, 2.05) is 30.3 Å². The molecule has 7 nitrogen and oxygen atoms in total. The Hall–Kier alpha value is -3.61. The number of aromatic amines is 1. The first kappa shape index (κ1) is 15.9. The molecule has 26 heavy (non-hydrogen) atoms. The Bertz CT molecular complexity index is 1060. The predicted octanol–water partition coefficient (Wildman–Crippen LogP) is 3.47. The van der Waals surface area contributed by atoms with Gasteiger partial charge in [-0.15, -0.1) is 10.2 Å². The molecule has 0 radical (unpaired) electrons. The second-order valence-electron chi connectivity index (χ2n) is 5.58. The summed E-state index contributed by atoms with van der Waals surface area (Å²) in [5, 5.41) is 8.88. The number of fused-ring (bicyclic) bond motifs is 1. The second kappa shape index (κ2) is 6.36. The lowest BCUT2D eigenvalue weighted by molar-refractivity contribution is 0.100. The van der Waals surface area contributed by atoms with Gasteiger partial charge in [0.15, 0.2) is 11.5 Å². The second-order valence-corrected chi connectivity index (χ2v) is 5.58. The molecule has 0 saturated heterocycles. The molecule has 1 N–H and O–H groups in total. The first-order valence-electron chi connectivity index (χ1n) is 7.88. The van der Waals surface area contributed by atoms with Gasteiger partial charge in [-0.1, -0.05) is 18.2 Å². The number of rotatable bonds is 5. The van der Waals surface area contributed by atoms with Crippen LogP contribution in [0.1, 0.15) is 16.2 Å². The fourth-order valence-corrected chi connectivity index (χ4v) is 2.71. The van der Waals surface area contributed by atoms with Crippen LogP contribution >= 0.6 is 0 Å². The third kappa shape index (κ3) is 2.69. The number of methoxy groups -OCH3 is 2. The quantitative estimate of drug-likeness (QED) is 0.555. The van der Waals surface area contributed by atoms with Gasteiger partial charge in [0.2, 0.25) is 5.78 Å². The molecule has 0 atom stereocenters. The number of ketones is 1. The number of carbonyl (C=O) groups excluding carboxylic acids is 1. The summed E-state index contributed by atoms with van der Waals surface area (Å²) in [5.41, 5.74) is 1.98. The topological polar surface area (TPSA) is 90.2 Å². The number of hydrogen-bond acceptors (Lipinski definition) is 6. The Kier molecular flexibility index (Phi) is 3.89. The summed E-state index contributed by atoms with van der Waals surface area (Å²) >= 11 is 0. The maximum Gasteiger partial charge on any atom is 0.289 e. The van der Waals surface area contributed by atoms with Gasteiger partial charge in [-0.2, -0.15) is 0 Å². The lowest BCUT2D eigenvalue weighted by Gasteiger charge is -2.07. The third-order valence-electron chi connectivity index (χ3n) is 4.03. The molecular weight excluding hydrogens is 334 g/mol. The van der Waals surface area contributed by atoms with E-state index in [4.69, 9.17) is 13.9 Å². The van der Waals surface area contributed by atoms with Gasteiger partial charge in [0.25, 0.3) is 11.8 Å². The number of nitrogens with zero attached hydrogens (tertiary/aromatic N) is 2. The maximum atomic E-state index is 12.6. The van der Waals surface area contributed by atoms with Crippen LogP contribution in [0.2, 0.25) is 0 Å². The highest BCUT2D eigenvalue weighted by Crippen LogP contribution is 2.29. The number of carbonyl (C=O) groups is 1. The minimum absolute atomic E-state index is 0.0918. The number of ether oxygens (including phenoxy) is 2. The normalized spacial score (nSPS) is 10.8. The summed E-state index contributed by atoms with van der Waals surface area (Å²) in [6.45, 7) is 0. The Morgan fingerprint density at radius 3 is 2.58 bits per heavy atom. The average Bonchev–Trinajstić information content (AvgIpc) is 3.33. The number of benzene rings is 2. The van der Waals surface area contributed by atoms with Crippen molar-refractivity contribution >= 4 is 16.7 Å². The van der Waals surface area contributed by atoms with Crippen molar-refractivity contribution in [2.75, 3.05) is 14.2 Å². The SMILES string of the molecule is COc1ccc(C(=O)c2nnc(-c3cc4ccccc4[nH]3)o2)cc1OC. The molecule has 2 aromatic heterocycles. The number of para-hydroxylation sites is 1. The number of hydrogen-bond donors (Lipinski definition) is 1. The predicted molar refractivity (Wildman–Crippen MR) is 94.6 cm³/mol. The number of aromatic nitrogens is 3. The molecule has 0 bridgehead atoms. The summed E-state index contributed by atoms with van der Waals surface area (Å²) in [4.78, 5) is 15.8. The highest BCUT2D eigenvalue weighted by Gasteiger charge is 2.20. The van der Waals surface area contributed by atoms with E-state index < -0.39 is 0 Å². The van der Waals surface area contributed by atoms with Gasteiger partial charge in [-0.05, 0) is 30.3 Å². The lowest BCUT2D eigenvalue weighted by atomic mass is 10.1. The van der Waals surface area contributed by atoms with E-state index in [1.165, 1.54) is 14.2 Å². The monoisotopic (exact) mass is 349 g/mol. The van der Waals surface area contributed by atoms with Crippen molar-refractivity contribution in [3.05, 3.63) is 60.0 Å². The summed E-state index contributed by atoms with van der Waals surface area (Å²) in [6, 6.07) is 14.5. The van der Waals surface area contributed by atoms with Gasteiger partial charge < -0.3 is 18.9 Å². The molecule has 2 aromatic carbocycles. The molecule has 7 heteroatoms. The molecular formula is C19H15N3O4. The van der Waals surface area contributed by atoms with Gasteiger partial charge in [0.05, 0.1) is 14.2 Å². The molecule has 130 valence electrons. The number of nitrogens with one attached hydrogen (secondary N) is 1. The van der Waals surface area contributed by atoms with Crippen molar-refractivity contribution in [2.45, 2.75) is 0 Å². The van der Waals surface area contributed by atoms with Crippen LogP contribution in [0.4, 0.5) is 0 Å². The zero-order chi connectivity index (χ0) is 18.1. The van der Waals surface area contributed by atoms with Crippen LogP contribution in [0, 0.1) is 0 Å². The van der Waals surface area contributed by atoms with E-state index >= 15 is 0 Å². The molecule has 0 aliphatic heterocycles. The van der Waals surface area contributed by atoms with Crippen molar-refractivity contribution in [1.82, 2.24) is 15.2 Å². The van der Waals surface area contributed by atoms with E-state index in [1.54, 1.807) is 18.2 Å². The summed E-state index contributed by atoms with van der Waals surface area (Å²) in [7, 11) is 3.04. The van der Waals surface area contributed by atoms with Crippen LogP contribution < -0.4 is 9.47 Å². The van der Waals surface area contributed by atoms with Gasteiger partial charge >= 0.3 is 0 Å². The van der Waals surface area contributed by atoms with E-state index in [0.717, 1.165) is 10.9 Å². The number of H-pyrrole nitrogens is 1. The van der Waals surface area contributed by atoms with Crippen LogP contribution in [-0.2, 0) is 0 Å². The molecule has 0 fully saturated rings. The molecule has 0 spiro atoms. The summed E-state index contributed by atoms with van der Waals surface area (Å²) in [6.07, 6.45) is 0. The van der Waals surface area contributed by atoms with Crippen LogP contribution in [0.15, 0.2) is 52.9 Å².